The second-order valence-corrected chi connectivity index (χ2v) is 23.7. The first-order valence-corrected chi connectivity index (χ1v) is 22.2. The van der Waals surface area contributed by atoms with Gasteiger partial charge in [0.25, 0.3) is 0 Å². The molecule has 0 aromatic heterocycles. The van der Waals surface area contributed by atoms with Crippen LogP contribution in [0.2, 0.25) is 0 Å². The molecule has 4 N–H and O–H groups in total. The molecule has 0 aliphatic rings. The molecule has 2 aromatic rings. The van der Waals surface area contributed by atoms with Crippen molar-refractivity contribution in [2.24, 2.45) is 0 Å². The summed E-state index contributed by atoms with van der Waals surface area (Å²) in [6, 6.07) is 20.0. The predicted octanol–water partition coefficient (Wildman–Crippen LogP) is -3.71. The van der Waals surface area contributed by atoms with E-state index in [-0.39, 0.29) is 48.3 Å². The van der Waals surface area contributed by atoms with Crippen molar-refractivity contribution in [3.8, 4) is 0 Å². The van der Waals surface area contributed by atoms with Crippen LogP contribution in [0.15, 0.2) is 60.7 Å². The fraction of sp³-hybridized carbons (Fsp3) is 0.455. The smallest absolute Gasteiger partial charge is 1.00 e. The number of halogens is 4. The molecule has 0 amide bonds. The van der Waals surface area contributed by atoms with Gasteiger partial charge in [0.15, 0.2) is 0 Å². The summed E-state index contributed by atoms with van der Waals surface area (Å²) in [7, 11) is 8.21. The average Bonchev–Trinajstić information content (AvgIpc) is 2.73. The molecular formula is C22H36I4N2O2. The van der Waals surface area contributed by atoms with Gasteiger partial charge in [0.2, 0.25) is 0 Å². The molecule has 0 saturated carbocycles. The summed E-state index contributed by atoms with van der Waals surface area (Å²) in [6.07, 6.45) is -0.739. The Hall–Kier alpha value is 1.20. The van der Waals surface area contributed by atoms with Gasteiger partial charge in [-0.2, -0.15) is 0 Å². The molecule has 0 heterocycles. The molecule has 0 aliphatic heterocycles. The van der Waals surface area contributed by atoms with E-state index < -0.39 is 0 Å². The summed E-state index contributed by atoms with van der Waals surface area (Å²) >= 11 is 5.30. The van der Waals surface area contributed by atoms with Crippen molar-refractivity contribution in [2.45, 2.75) is 38.1 Å². The first-order chi connectivity index (χ1) is 13.7. The van der Waals surface area contributed by atoms with E-state index in [1.54, 1.807) is 0 Å². The minimum Gasteiger partial charge on any atom is -1.00 e. The molecule has 4 atom stereocenters. The molecule has 0 aliphatic carbocycles. The van der Waals surface area contributed by atoms with Gasteiger partial charge in [0, 0.05) is 0 Å². The van der Waals surface area contributed by atoms with Gasteiger partial charge in [-0.1, -0.05) is 60.7 Å². The van der Waals surface area contributed by atoms with Gasteiger partial charge in [-0.3, -0.25) is 0 Å². The van der Waals surface area contributed by atoms with Crippen LogP contribution in [0, 0.1) is 0 Å². The van der Waals surface area contributed by atoms with Gasteiger partial charge < -0.3 is 44.0 Å². The molecule has 4 nitrogen and oxygen atoms in total. The second kappa shape index (κ2) is 19.6. The maximum absolute atomic E-state index is 9.94. The van der Waals surface area contributed by atoms with E-state index in [4.69, 9.17) is 0 Å². The van der Waals surface area contributed by atoms with Gasteiger partial charge >= 0.3 is 50.5 Å². The number of aliphatic hydroxyl groups excluding tert-OH is 2. The molecule has 30 heavy (non-hydrogen) atoms. The average molecular weight is 868 g/mol. The summed E-state index contributed by atoms with van der Waals surface area (Å²) < 4.78 is 0. The molecule has 0 fully saturated rings. The number of likely N-dealkylation sites (N-methyl/N-ethyl adjacent to an activating group) is 2. The van der Waals surface area contributed by atoms with Crippen LogP contribution >= 0.6 is 37.2 Å². The Kier molecular flexibility index (Phi) is 21.9. The molecule has 0 saturated heterocycles. The maximum Gasteiger partial charge on any atom is -1.00 e. The number of nitrogens with one attached hydrogen (secondary N) is 2. The van der Waals surface area contributed by atoms with Crippen LogP contribution < -0.4 is 47.0 Å². The Morgan fingerprint density at radius 3 is 1.10 bits per heavy atom. The van der Waals surface area contributed by atoms with E-state index in [1.807, 2.05) is 74.5 Å². The zero-order chi connectivity index (χ0) is 22.4. The quantitative estimate of drug-likeness (QED) is 0.227. The third kappa shape index (κ3) is 13.7. The van der Waals surface area contributed by atoms with Crippen molar-refractivity contribution in [1.29, 1.82) is 0 Å². The van der Waals surface area contributed by atoms with Gasteiger partial charge in [0.05, 0.1) is 28.2 Å². The normalized spacial score (nSPS) is 14.4. The molecule has 0 bridgehead atoms. The van der Waals surface area contributed by atoms with Crippen LogP contribution in [0.4, 0.5) is 0 Å². The third-order valence-corrected chi connectivity index (χ3v) is 5.05. The number of quaternary nitrogens is 2. The second-order valence-electron chi connectivity index (χ2n) is 7.50. The molecule has 174 valence electrons. The van der Waals surface area contributed by atoms with E-state index in [2.05, 4.69) is 65.4 Å². The van der Waals surface area contributed by atoms with Crippen molar-refractivity contribution in [1.82, 2.24) is 0 Å². The van der Waals surface area contributed by atoms with Gasteiger partial charge in [-0.25, -0.2) is 0 Å². The maximum atomic E-state index is 9.94. The molecule has 0 unspecified atom stereocenters. The predicted molar refractivity (Wildman–Crippen MR) is 135 cm³/mol. The standard InChI is InChI=1S/2C11H17NO.I3.HI/c2*1-9(12(2)3)11(13)10-7-5-4-6-8-10;1-3-2;/h2*4-9,11,13H,1-3H3;;1H/q;;-1;/p+1/t2*9-,11-;;/m00../s1. The van der Waals surface area contributed by atoms with Crippen molar-refractivity contribution in [3.05, 3.63) is 71.8 Å². The zero-order valence-electron chi connectivity index (χ0n) is 18.5. The fourth-order valence-corrected chi connectivity index (χ4v) is 2.51. The summed E-state index contributed by atoms with van der Waals surface area (Å²) in [5, 5.41) is 19.9. The van der Waals surface area contributed by atoms with Gasteiger partial charge in [-0.05, 0) is 25.0 Å². The monoisotopic (exact) mass is 868 g/mol. The topological polar surface area (TPSA) is 49.3 Å². The number of benzene rings is 2. The first-order valence-electron chi connectivity index (χ1n) is 9.60. The summed E-state index contributed by atoms with van der Waals surface area (Å²) in [5.74, 6) is 0. The minimum atomic E-state index is -0.369. The Morgan fingerprint density at radius 2 is 0.900 bits per heavy atom. The summed E-state index contributed by atoms with van der Waals surface area (Å²) in [4.78, 5) is 2.52. The molecule has 0 radical (unpaired) electrons. The zero-order valence-corrected chi connectivity index (χ0v) is 27.1. The van der Waals surface area contributed by atoms with Gasteiger partial charge in [0.1, 0.15) is 24.3 Å². The van der Waals surface area contributed by atoms with Crippen LogP contribution in [-0.2, 0) is 0 Å². The Balaban J connectivity index is 0. The van der Waals surface area contributed by atoms with Crippen LogP contribution in [0.3, 0.4) is 0 Å². The molecule has 8 heteroatoms. The Morgan fingerprint density at radius 1 is 0.667 bits per heavy atom. The van der Waals surface area contributed by atoms with E-state index >= 15 is 0 Å². The van der Waals surface area contributed by atoms with Crippen LogP contribution in [0.5, 0.6) is 0 Å². The first kappa shape index (κ1) is 33.4. The number of rotatable bonds is 6. The third-order valence-electron chi connectivity index (χ3n) is 5.05. The van der Waals surface area contributed by atoms with Crippen molar-refractivity contribution in [3.63, 3.8) is 0 Å². The molecular weight excluding hydrogens is 832 g/mol. The molecule has 2 rings (SSSR count). The number of aliphatic hydroxyl groups is 2. The molecule has 0 spiro atoms. The van der Waals surface area contributed by atoms with Crippen molar-refractivity contribution < 1.29 is 57.2 Å². The Labute approximate surface area is 229 Å². The molecule has 2 aromatic carbocycles. The minimum absolute atomic E-state index is 0. The largest absolute Gasteiger partial charge is 1.00 e. The van der Waals surface area contributed by atoms with E-state index in [0.717, 1.165) is 11.1 Å². The van der Waals surface area contributed by atoms with E-state index in [0.29, 0.717) is 13.3 Å². The van der Waals surface area contributed by atoms with E-state index in [1.165, 1.54) is 9.80 Å². The summed E-state index contributed by atoms with van der Waals surface area (Å²) in [6.45, 7) is 4.10. The number of hydrogen-bond donors (Lipinski definition) is 4. The summed E-state index contributed by atoms with van der Waals surface area (Å²) in [5.41, 5.74) is 1.99. The van der Waals surface area contributed by atoms with Crippen molar-refractivity contribution in [2.75, 3.05) is 28.2 Å². The van der Waals surface area contributed by atoms with E-state index in [9.17, 15) is 10.2 Å². The number of hydrogen-bond acceptors (Lipinski definition) is 2. The van der Waals surface area contributed by atoms with Crippen LogP contribution in [-0.4, -0.2) is 50.5 Å². The van der Waals surface area contributed by atoms with Crippen LogP contribution in [0.1, 0.15) is 37.2 Å². The van der Waals surface area contributed by atoms with Crippen LogP contribution in [0.25, 0.3) is 0 Å². The fourth-order valence-electron chi connectivity index (χ4n) is 2.51. The SMILES string of the molecule is C[C@@H]([C@H](O)c1ccccc1)[NH+](C)C.C[C@@H]([C@H](O)c1ccccc1)[NH+](C)C.I[I-]I.[I-]. The Bertz CT molecular complexity index is 578. The van der Waals surface area contributed by atoms with Crippen molar-refractivity contribution >= 4 is 37.2 Å². The van der Waals surface area contributed by atoms with Gasteiger partial charge in [-0.15, -0.1) is 0 Å².